The maximum Gasteiger partial charge on any atom is 0.340 e. The van der Waals surface area contributed by atoms with Crippen LogP contribution in [0.3, 0.4) is 0 Å². The number of hydrogen-bond donors (Lipinski definition) is 2. The lowest BCUT2D eigenvalue weighted by Gasteiger charge is -2.33. The quantitative estimate of drug-likeness (QED) is 0.279. The molecule has 13 heteroatoms. The van der Waals surface area contributed by atoms with E-state index in [4.69, 9.17) is 4.74 Å². The molecule has 0 unspecified atom stereocenters. The molecule has 1 saturated heterocycles. The van der Waals surface area contributed by atoms with E-state index in [-0.39, 0.29) is 29.4 Å². The highest BCUT2D eigenvalue weighted by Gasteiger charge is 2.30. The number of amides is 2. The fraction of sp³-hybridized carbons (Fsp3) is 0.444. The highest BCUT2D eigenvalue weighted by Crippen LogP contribution is 2.28. The van der Waals surface area contributed by atoms with Crippen molar-refractivity contribution < 1.29 is 27.5 Å². The number of nitrogens with zero attached hydrogens (tertiary/aromatic N) is 3. The Labute approximate surface area is 238 Å². The first-order valence-corrected chi connectivity index (χ1v) is 15.7. The summed E-state index contributed by atoms with van der Waals surface area (Å²) in [5, 5.41) is 12.5. The number of ether oxygens (including phenoxy) is 1. The Kier molecular flexibility index (Phi) is 11.3. The predicted molar refractivity (Wildman–Crippen MR) is 152 cm³/mol. The highest BCUT2D eigenvalue weighted by atomic mass is 32.2. The maximum atomic E-state index is 12.8. The molecule has 0 saturated carbocycles. The lowest BCUT2D eigenvalue weighted by Crippen LogP contribution is -2.43. The van der Waals surface area contributed by atoms with Gasteiger partial charge in [-0.1, -0.05) is 30.3 Å². The first kappa shape index (κ1) is 30.9. The van der Waals surface area contributed by atoms with Crippen LogP contribution in [0.15, 0.2) is 36.4 Å². The van der Waals surface area contributed by atoms with Gasteiger partial charge in [0.15, 0.2) is 0 Å². The van der Waals surface area contributed by atoms with Crippen molar-refractivity contribution in [2.24, 2.45) is 5.92 Å². The molecule has 0 spiro atoms. The normalized spacial score (nSPS) is 13.8. The van der Waals surface area contributed by atoms with Crippen molar-refractivity contribution in [2.45, 2.75) is 38.2 Å². The topological polar surface area (TPSA) is 159 Å². The van der Waals surface area contributed by atoms with Gasteiger partial charge in [-0.25, -0.2) is 18.2 Å². The lowest BCUT2D eigenvalue weighted by molar-refractivity contribution is -0.123. The predicted octanol–water partition coefficient (Wildman–Crippen LogP) is 2.36. The number of aromatic nitrogens is 1. The number of anilines is 1. The van der Waals surface area contributed by atoms with Gasteiger partial charge in [-0.3, -0.25) is 14.3 Å². The summed E-state index contributed by atoms with van der Waals surface area (Å²) in [4.78, 5) is 43.0. The summed E-state index contributed by atoms with van der Waals surface area (Å²) in [5.41, 5.74) is 1.48. The van der Waals surface area contributed by atoms with Crippen molar-refractivity contribution in [3.8, 4) is 6.07 Å². The minimum absolute atomic E-state index is 0.127. The van der Waals surface area contributed by atoms with E-state index < -0.39 is 27.8 Å². The van der Waals surface area contributed by atoms with Crippen molar-refractivity contribution in [3.05, 3.63) is 58.8 Å². The molecule has 1 aliphatic heterocycles. The number of sulfonamides is 1. The number of nitriles is 1. The van der Waals surface area contributed by atoms with Gasteiger partial charge >= 0.3 is 5.97 Å². The third-order valence-electron chi connectivity index (χ3n) is 6.18. The zero-order chi connectivity index (χ0) is 29.1. The van der Waals surface area contributed by atoms with Gasteiger partial charge in [0.1, 0.15) is 11.9 Å². The van der Waals surface area contributed by atoms with Crippen LogP contribution in [0.25, 0.3) is 0 Å². The van der Waals surface area contributed by atoms with Gasteiger partial charge in [0.25, 0.3) is 0 Å². The van der Waals surface area contributed by atoms with Crippen molar-refractivity contribution in [1.82, 2.24) is 15.0 Å². The third kappa shape index (κ3) is 8.96. The number of hydrogen-bond acceptors (Lipinski definition) is 10. The summed E-state index contributed by atoms with van der Waals surface area (Å²) < 4.78 is 32.4. The van der Waals surface area contributed by atoms with E-state index in [2.05, 4.69) is 21.1 Å². The van der Waals surface area contributed by atoms with Crippen molar-refractivity contribution in [3.63, 3.8) is 0 Å². The number of esters is 1. The molecule has 2 N–H and O–H groups in total. The number of carbonyl (C=O) groups is 3. The molecule has 3 rings (SSSR count). The Hall–Kier alpha value is -3.63. The van der Waals surface area contributed by atoms with Crippen molar-refractivity contribution in [2.75, 3.05) is 36.9 Å². The lowest BCUT2D eigenvalue weighted by atomic mass is 9.96. The number of nitrogens with one attached hydrogen (secondary N) is 2. The minimum atomic E-state index is -3.84. The number of rotatable bonds is 12. The Morgan fingerprint density at radius 3 is 2.52 bits per heavy atom. The molecule has 0 aliphatic carbocycles. The highest BCUT2D eigenvalue weighted by molar-refractivity contribution is 7.98. The van der Waals surface area contributed by atoms with E-state index >= 15 is 0 Å². The number of benzene rings is 1. The number of piperidine rings is 1. The first-order chi connectivity index (χ1) is 19.1. The molecule has 1 aliphatic rings. The molecule has 0 atom stereocenters. The van der Waals surface area contributed by atoms with Crippen LogP contribution in [0.2, 0.25) is 0 Å². The average Bonchev–Trinajstić information content (AvgIpc) is 2.92. The van der Waals surface area contributed by atoms with Gasteiger partial charge in [0, 0.05) is 44.0 Å². The smallest absolute Gasteiger partial charge is 0.340 e. The molecule has 1 aromatic heterocycles. The van der Waals surface area contributed by atoms with Gasteiger partial charge in [-0.2, -0.15) is 17.0 Å². The Balaban J connectivity index is 1.69. The van der Waals surface area contributed by atoms with E-state index in [1.807, 2.05) is 4.90 Å². The summed E-state index contributed by atoms with van der Waals surface area (Å²) >= 11 is 1.48. The van der Waals surface area contributed by atoms with Crippen molar-refractivity contribution >= 4 is 45.4 Å². The van der Waals surface area contributed by atoms with Gasteiger partial charge in [-0.15, -0.1) is 0 Å². The van der Waals surface area contributed by atoms with E-state index in [0.29, 0.717) is 61.1 Å². The fourth-order valence-electron chi connectivity index (χ4n) is 4.25. The third-order valence-corrected chi connectivity index (χ3v) is 8.37. The molecule has 2 aromatic rings. The first-order valence-electron chi connectivity index (χ1n) is 12.9. The van der Waals surface area contributed by atoms with Crippen LogP contribution in [0.5, 0.6) is 0 Å². The summed E-state index contributed by atoms with van der Waals surface area (Å²) in [6, 6.07) is 12.2. The monoisotopic (exact) mass is 587 g/mol. The maximum absolute atomic E-state index is 12.8. The van der Waals surface area contributed by atoms with Crippen LogP contribution in [0, 0.1) is 17.2 Å². The molecule has 40 heavy (non-hydrogen) atoms. The fourth-order valence-corrected chi connectivity index (χ4v) is 6.23. The molecule has 0 radical (unpaired) electrons. The zero-order valence-electron chi connectivity index (χ0n) is 22.5. The summed E-state index contributed by atoms with van der Waals surface area (Å²) in [6.45, 7) is 4.54. The Bertz CT molecular complexity index is 1350. The molecule has 2 heterocycles. The second-order valence-electron chi connectivity index (χ2n) is 9.19. The van der Waals surface area contributed by atoms with Crippen LogP contribution in [0.4, 0.5) is 5.82 Å². The van der Waals surface area contributed by atoms with E-state index in [9.17, 15) is 28.1 Å². The van der Waals surface area contributed by atoms with Gasteiger partial charge in [0.2, 0.25) is 21.8 Å². The standard InChI is InChI=1S/C27H33N5O6S2/c1-3-38-27(35)23-15-22(16-28)25(30-24(23)17-39-14-11-29-19(2)33)32-12-9-21(10-13-32)26(34)31-40(36,37)18-20-7-5-4-6-8-20/h4-8,15,21H,3,9-14,17-18H2,1-2H3,(H,29,33)(H,31,34). The molecule has 1 aromatic carbocycles. The van der Waals surface area contributed by atoms with Gasteiger partial charge in [-0.05, 0) is 31.4 Å². The van der Waals surface area contributed by atoms with Crippen LogP contribution < -0.4 is 14.9 Å². The Morgan fingerprint density at radius 1 is 1.20 bits per heavy atom. The second-order valence-corrected chi connectivity index (χ2v) is 12.0. The molecule has 214 valence electrons. The van der Waals surface area contributed by atoms with E-state index in [1.165, 1.54) is 24.8 Å². The van der Waals surface area contributed by atoms with Crippen LogP contribution in [-0.4, -0.2) is 63.2 Å². The SMILES string of the molecule is CCOC(=O)c1cc(C#N)c(N2CCC(C(=O)NS(=O)(=O)Cc3ccccc3)CC2)nc1CSCCNC(C)=O. The van der Waals surface area contributed by atoms with Crippen LogP contribution >= 0.6 is 11.8 Å². The average molecular weight is 588 g/mol. The molecule has 1 fully saturated rings. The van der Waals surface area contributed by atoms with Crippen LogP contribution in [-0.2, 0) is 35.9 Å². The number of thioether (sulfide) groups is 1. The van der Waals surface area contributed by atoms with Gasteiger partial charge < -0.3 is 15.0 Å². The second kappa shape index (κ2) is 14.7. The largest absolute Gasteiger partial charge is 0.462 e. The Morgan fingerprint density at radius 2 is 1.90 bits per heavy atom. The van der Waals surface area contributed by atoms with E-state index in [1.54, 1.807) is 37.3 Å². The molecular formula is C27H33N5O6S2. The zero-order valence-corrected chi connectivity index (χ0v) is 24.1. The van der Waals surface area contributed by atoms with Gasteiger partial charge in [0.05, 0.1) is 29.2 Å². The molecule has 11 nitrogen and oxygen atoms in total. The molecule has 2 amide bonds. The molecule has 0 bridgehead atoms. The summed E-state index contributed by atoms with van der Waals surface area (Å²) in [5.74, 6) is -0.653. The summed E-state index contributed by atoms with van der Waals surface area (Å²) in [6.07, 6.45) is 0.749. The number of carbonyl (C=O) groups excluding carboxylic acids is 3. The molecular weight excluding hydrogens is 554 g/mol. The summed E-state index contributed by atoms with van der Waals surface area (Å²) in [7, 11) is -3.84. The van der Waals surface area contributed by atoms with E-state index in [0.717, 1.165) is 0 Å². The van der Waals surface area contributed by atoms with Crippen LogP contribution in [0.1, 0.15) is 53.9 Å². The number of pyridine rings is 1. The van der Waals surface area contributed by atoms with Crippen molar-refractivity contribution in [1.29, 1.82) is 5.26 Å². The minimum Gasteiger partial charge on any atom is -0.462 e.